The van der Waals surface area contributed by atoms with E-state index in [1.165, 1.54) is 57.8 Å². The molecule has 0 aromatic rings. The molecule has 0 bridgehead atoms. The van der Waals surface area contributed by atoms with Crippen molar-refractivity contribution in [1.82, 2.24) is 10.6 Å². The summed E-state index contributed by atoms with van der Waals surface area (Å²) in [6.07, 6.45) is 19.1. The predicted molar refractivity (Wildman–Crippen MR) is 122 cm³/mol. The fraction of sp³-hybridized carbons (Fsp3) is 0.783. The molecule has 1 aliphatic heterocycles. The third-order valence-corrected chi connectivity index (χ3v) is 6.51. The normalized spacial score (nSPS) is 19.8. The van der Waals surface area contributed by atoms with E-state index < -0.39 is 5.85 Å². The zero-order chi connectivity index (χ0) is 20.7. The van der Waals surface area contributed by atoms with Gasteiger partial charge in [0.05, 0.1) is 5.25 Å². The molecule has 0 radical (unpaired) electrons. The van der Waals surface area contributed by atoms with E-state index >= 15 is 0 Å². The van der Waals surface area contributed by atoms with E-state index in [4.69, 9.17) is 4.74 Å². The van der Waals surface area contributed by atoms with E-state index in [9.17, 15) is 4.79 Å². The molecule has 0 aromatic carbocycles. The molecule has 28 heavy (non-hydrogen) atoms. The topological polar surface area (TPSA) is 50.4 Å². The standard InChI is InChI=1S/C23H42N2O2S/c1-5-7-9-11-12-13-15-21(28-18-14-10-8-6-2)22(26)25-23(27-4)19-20(3)16-17-24-23/h16-17,19,21,24H,5-15,18H2,1-4H3,(H,25,26). The maximum Gasteiger partial charge on any atom is 0.239 e. The second kappa shape index (κ2) is 15.0. The van der Waals surface area contributed by atoms with E-state index in [2.05, 4.69) is 24.5 Å². The summed E-state index contributed by atoms with van der Waals surface area (Å²) in [7, 11) is 1.62. The van der Waals surface area contributed by atoms with Gasteiger partial charge in [-0.2, -0.15) is 0 Å². The number of carbonyl (C=O) groups excluding carboxylic acids is 1. The van der Waals surface area contributed by atoms with Crippen LogP contribution in [0.3, 0.4) is 0 Å². The Morgan fingerprint density at radius 1 is 1.11 bits per heavy atom. The molecule has 0 fully saturated rings. The van der Waals surface area contributed by atoms with Crippen molar-refractivity contribution in [2.75, 3.05) is 12.9 Å². The van der Waals surface area contributed by atoms with Crippen LogP contribution in [0.2, 0.25) is 0 Å². The van der Waals surface area contributed by atoms with Gasteiger partial charge in [-0.15, -0.1) is 11.8 Å². The van der Waals surface area contributed by atoms with Gasteiger partial charge < -0.3 is 15.4 Å². The van der Waals surface area contributed by atoms with Crippen LogP contribution in [0, 0.1) is 0 Å². The van der Waals surface area contributed by atoms with E-state index in [0.717, 1.165) is 24.2 Å². The quantitative estimate of drug-likeness (QED) is 0.246. The van der Waals surface area contributed by atoms with E-state index in [-0.39, 0.29) is 11.2 Å². The lowest BCUT2D eigenvalue weighted by molar-refractivity contribution is -0.129. The molecule has 4 nitrogen and oxygen atoms in total. The van der Waals surface area contributed by atoms with Crippen molar-refractivity contribution in [3.63, 3.8) is 0 Å². The summed E-state index contributed by atoms with van der Waals surface area (Å²) < 4.78 is 5.62. The van der Waals surface area contributed by atoms with Gasteiger partial charge in [0.1, 0.15) is 0 Å². The molecule has 5 heteroatoms. The number of thioether (sulfide) groups is 1. The van der Waals surface area contributed by atoms with Crippen molar-refractivity contribution in [2.45, 2.75) is 102 Å². The minimum Gasteiger partial charge on any atom is -0.343 e. The average Bonchev–Trinajstić information content (AvgIpc) is 2.68. The Labute approximate surface area is 177 Å². The number of carbonyl (C=O) groups is 1. The van der Waals surface area contributed by atoms with Crippen LogP contribution < -0.4 is 10.6 Å². The number of dihydropyridines is 1. The number of ether oxygens (including phenoxy) is 1. The van der Waals surface area contributed by atoms with Gasteiger partial charge in [-0.3, -0.25) is 4.79 Å². The van der Waals surface area contributed by atoms with Crippen molar-refractivity contribution in [1.29, 1.82) is 0 Å². The fourth-order valence-corrected chi connectivity index (χ4v) is 4.57. The van der Waals surface area contributed by atoms with Gasteiger partial charge >= 0.3 is 0 Å². The molecule has 0 saturated carbocycles. The average molecular weight is 411 g/mol. The first-order valence-corrected chi connectivity index (χ1v) is 12.2. The summed E-state index contributed by atoms with van der Waals surface area (Å²) in [4.78, 5) is 13.1. The van der Waals surface area contributed by atoms with Crippen LogP contribution >= 0.6 is 11.8 Å². The minimum absolute atomic E-state index is 0.0127. The van der Waals surface area contributed by atoms with Crippen LogP contribution in [0.15, 0.2) is 23.9 Å². The Morgan fingerprint density at radius 2 is 1.75 bits per heavy atom. The smallest absolute Gasteiger partial charge is 0.239 e. The van der Waals surface area contributed by atoms with Gasteiger partial charge in [-0.05, 0) is 43.2 Å². The molecule has 2 N–H and O–H groups in total. The molecular weight excluding hydrogens is 368 g/mol. The SMILES string of the molecule is CCCCCCCCC(SCCCCCC)C(=O)NC1(OC)C=C(C)C=CN1. The monoisotopic (exact) mass is 410 g/mol. The number of hydrogen-bond donors (Lipinski definition) is 2. The van der Waals surface area contributed by atoms with Crippen molar-refractivity contribution >= 4 is 17.7 Å². The highest BCUT2D eigenvalue weighted by atomic mass is 32.2. The highest BCUT2D eigenvalue weighted by molar-refractivity contribution is 8.00. The van der Waals surface area contributed by atoms with Gasteiger partial charge in [0.15, 0.2) is 0 Å². The van der Waals surface area contributed by atoms with Gasteiger partial charge in [0.2, 0.25) is 11.8 Å². The lowest BCUT2D eigenvalue weighted by Crippen LogP contribution is -2.59. The molecule has 1 rings (SSSR count). The van der Waals surface area contributed by atoms with Gasteiger partial charge in [0.25, 0.3) is 0 Å². The van der Waals surface area contributed by atoms with Crippen LogP contribution in [-0.4, -0.2) is 29.9 Å². The molecule has 2 unspecified atom stereocenters. The van der Waals surface area contributed by atoms with Crippen LogP contribution in [0.5, 0.6) is 0 Å². The predicted octanol–water partition coefficient (Wildman–Crippen LogP) is 5.90. The number of rotatable bonds is 16. The van der Waals surface area contributed by atoms with Crippen molar-refractivity contribution in [2.24, 2.45) is 0 Å². The molecule has 0 spiro atoms. The molecule has 1 aliphatic rings. The van der Waals surface area contributed by atoms with Gasteiger partial charge in [0, 0.05) is 13.3 Å². The summed E-state index contributed by atoms with van der Waals surface area (Å²) in [6, 6.07) is 0. The van der Waals surface area contributed by atoms with Gasteiger partial charge in [-0.25, -0.2) is 0 Å². The maximum atomic E-state index is 13.1. The van der Waals surface area contributed by atoms with Crippen molar-refractivity contribution in [3.8, 4) is 0 Å². The second-order valence-electron chi connectivity index (χ2n) is 7.77. The number of amides is 1. The molecular formula is C23H42N2O2S. The number of methoxy groups -OCH3 is 1. The van der Waals surface area contributed by atoms with Crippen molar-refractivity contribution in [3.05, 3.63) is 23.9 Å². The second-order valence-corrected chi connectivity index (χ2v) is 9.08. The van der Waals surface area contributed by atoms with E-state index in [0.29, 0.717) is 0 Å². The minimum atomic E-state index is -0.932. The molecule has 1 heterocycles. The molecule has 0 aliphatic carbocycles. The summed E-state index contributed by atoms with van der Waals surface area (Å²) in [5.41, 5.74) is 1.07. The van der Waals surface area contributed by atoms with Crippen LogP contribution in [0.25, 0.3) is 0 Å². The summed E-state index contributed by atoms with van der Waals surface area (Å²) in [5, 5.41) is 6.24. The Morgan fingerprint density at radius 3 is 2.39 bits per heavy atom. The summed E-state index contributed by atoms with van der Waals surface area (Å²) in [6.45, 7) is 6.48. The Kier molecular flexibility index (Phi) is 13.4. The number of nitrogens with one attached hydrogen (secondary N) is 2. The number of unbranched alkanes of at least 4 members (excludes halogenated alkanes) is 8. The molecule has 2 atom stereocenters. The molecule has 1 amide bonds. The lowest BCUT2D eigenvalue weighted by atomic mass is 10.1. The first-order valence-electron chi connectivity index (χ1n) is 11.2. The first kappa shape index (κ1) is 25.1. The first-order chi connectivity index (χ1) is 13.6. The van der Waals surface area contributed by atoms with Crippen LogP contribution in [0.4, 0.5) is 0 Å². The lowest BCUT2D eigenvalue weighted by Gasteiger charge is -2.34. The zero-order valence-electron chi connectivity index (χ0n) is 18.5. The Bertz CT molecular complexity index is 493. The zero-order valence-corrected chi connectivity index (χ0v) is 19.3. The molecule has 0 saturated heterocycles. The Balaban J connectivity index is 2.57. The number of allylic oxidation sites excluding steroid dienone is 2. The van der Waals surface area contributed by atoms with E-state index in [1.807, 2.05) is 37.0 Å². The third kappa shape index (κ3) is 10.0. The molecule has 0 aromatic heterocycles. The summed E-state index contributed by atoms with van der Waals surface area (Å²) >= 11 is 1.81. The van der Waals surface area contributed by atoms with Crippen LogP contribution in [0.1, 0.15) is 91.4 Å². The third-order valence-electron chi connectivity index (χ3n) is 5.14. The van der Waals surface area contributed by atoms with E-state index in [1.54, 1.807) is 7.11 Å². The van der Waals surface area contributed by atoms with Crippen molar-refractivity contribution < 1.29 is 9.53 Å². The van der Waals surface area contributed by atoms with Gasteiger partial charge in [-0.1, -0.05) is 71.6 Å². The highest BCUT2D eigenvalue weighted by Crippen LogP contribution is 2.23. The highest BCUT2D eigenvalue weighted by Gasteiger charge is 2.32. The van der Waals surface area contributed by atoms with Crippen LogP contribution in [-0.2, 0) is 9.53 Å². The Hall–Kier alpha value is -0.940. The largest absolute Gasteiger partial charge is 0.343 e. The summed E-state index contributed by atoms with van der Waals surface area (Å²) in [5.74, 6) is 0.191. The number of hydrogen-bond acceptors (Lipinski definition) is 4. The fourth-order valence-electron chi connectivity index (χ4n) is 3.37. The molecule has 162 valence electrons. The maximum absolute atomic E-state index is 13.1.